The number of halogens is 1. The summed E-state index contributed by atoms with van der Waals surface area (Å²) in [5, 5.41) is 4.22. The fourth-order valence-corrected chi connectivity index (χ4v) is 3.94. The summed E-state index contributed by atoms with van der Waals surface area (Å²) in [6, 6.07) is 16.6. The van der Waals surface area contributed by atoms with Crippen LogP contribution in [-0.2, 0) is 4.79 Å². The van der Waals surface area contributed by atoms with Gasteiger partial charge in [0.2, 0.25) is 5.91 Å². The molecule has 174 valence electrons. The quantitative estimate of drug-likeness (QED) is 0.296. The zero-order chi connectivity index (χ0) is 24.2. The second-order valence-electron chi connectivity index (χ2n) is 7.59. The number of furan rings is 1. The van der Waals surface area contributed by atoms with Crippen molar-refractivity contribution in [1.82, 2.24) is 0 Å². The number of anilines is 1. The van der Waals surface area contributed by atoms with Gasteiger partial charge in [-0.15, -0.1) is 0 Å². The molecule has 4 rings (SSSR count). The van der Waals surface area contributed by atoms with E-state index in [2.05, 4.69) is 5.32 Å². The van der Waals surface area contributed by atoms with E-state index in [1.54, 1.807) is 38.7 Å². The highest BCUT2D eigenvalue weighted by atomic mass is 35.5. The summed E-state index contributed by atoms with van der Waals surface area (Å²) in [6.45, 7) is 1.85. The van der Waals surface area contributed by atoms with Gasteiger partial charge in [0.05, 0.1) is 33.3 Å². The average Bonchev–Trinajstić information content (AvgIpc) is 3.26. The summed E-state index contributed by atoms with van der Waals surface area (Å²) in [4.78, 5) is 12.8. The summed E-state index contributed by atoms with van der Waals surface area (Å²) >= 11 is 6.07. The third-order valence-corrected chi connectivity index (χ3v) is 5.70. The molecule has 0 fully saturated rings. The molecule has 6 nitrogen and oxygen atoms in total. The molecular formula is C27H24ClNO5. The molecule has 7 heteroatoms. The maximum Gasteiger partial charge on any atom is 0.248 e. The molecule has 1 N–H and O–H groups in total. The minimum absolute atomic E-state index is 0.319. The molecule has 0 radical (unpaired) electrons. The van der Waals surface area contributed by atoms with E-state index in [0.717, 1.165) is 33.4 Å². The first-order valence-corrected chi connectivity index (χ1v) is 10.9. The Bertz CT molecular complexity index is 1390. The van der Waals surface area contributed by atoms with Gasteiger partial charge in [-0.3, -0.25) is 4.79 Å². The van der Waals surface area contributed by atoms with E-state index < -0.39 is 0 Å². The summed E-state index contributed by atoms with van der Waals surface area (Å²) in [7, 11) is 4.75. The number of allylic oxidation sites excluding steroid dienone is 1. The number of amides is 1. The zero-order valence-electron chi connectivity index (χ0n) is 19.3. The topological polar surface area (TPSA) is 69.9 Å². The first-order chi connectivity index (χ1) is 16.4. The van der Waals surface area contributed by atoms with Gasteiger partial charge in [-0.05, 0) is 54.5 Å². The Morgan fingerprint density at radius 2 is 1.76 bits per heavy atom. The van der Waals surface area contributed by atoms with Crippen LogP contribution in [-0.4, -0.2) is 27.2 Å². The number of methoxy groups -OCH3 is 3. The Hall–Kier alpha value is -3.90. The predicted octanol–water partition coefficient (Wildman–Crippen LogP) is 6.82. The first kappa shape index (κ1) is 23.3. The van der Waals surface area contributed by atoms with E-state index in [1.807, 2.05) is 43.3 Å². The highest BCUT2D eigenvalue weighted by Gasteiger charge is 2.16. The lowest BCUT2D eigenvalue weighted by Gasteiger charge is -2.12. The van der Waals surface area contributed by atoms with E-state index in [4.69, 9.17) is 30.2 Å². The smallest absolute Gasteiger partial charge is 0.248 e. The van der Waals surface area contributed by atoms with Crippen molar-refractivity contribution in [3.05, 3.63) is 77.5 Å². The number of fused-ring (bicyclic) bond motifs is 1. The molecule has 0 bridgehead atoms. The number of hydrogen-bond donors (Lipinski definition) is 1. The van der Waals surface area contributed by atoms with E-state index >= 15 is 0 Å². The molecule has 0 saturated heterocycles. The normalized spacial score (nSPS) is 11.4. The second-order valence-corrected chi connectivity index (χ2v) is 8.03. The Kier molecular flexibility index (Phi) is 6.80. The SMILES string of the molecule is COc1cccc(-c2coc3cc(OC)c(/C(C)=C/C(=O)Nc4cc(Cl)ccc4OC)cc23)c1. The van der Waals surface area contributed by atoms with Crippen molar-refractivity contribution in [1.29, 1.82) is 0 Å². The van der Waals surface area contributed by atoms with Gasteiger partial charge in [-0.25, -0.2) is 0 Å². The third-order valence-electron chi connectivity index (χ3n) is 5.47. The summed E-state index contributed by atoms with van der Waals surface area (Å²) < 4.78 is 22.1. The van der Waals surface area contributed by atoms with Crippen LogP contribution in [0.25, 0.3) is 27.7 Å². The second kappa shape index (κ2) is 9.93. The van der Waals surface area contributed by atoms with E-state index in [9.17, 15) is 4.79 Å². The van der Waals surface area contributed by atoms with Crippen molar-refractivity contribution in [2.75, 3.05) is 26.6 Å². The van der Waals surface area contributed by atoms with Crippen molar-refractivity contribution in [3.8, 4) is 28.4 Å². The van der Waals surface area contributed by atoms with Crippen LogP contribution < -0.4 is 19.5 Å². The Morgan fingerprint density at radius 3 is 2.50 bits per heavy atom. The Labute approximate surface area is 202 Å². The molecule has 1 aromatic heterocycles. The van der Waals surface area contributed by atoms with Gasteiger partial charge >= 0.3 is 0 Å². The summed E-state index contributed by atoms with van der Waals surface area (Å²) in [5.74, 6) is 1.55. The molecular weight excluding hydrogens is 454 g/mol. The van der Waals surface area contributed by atoms with E-state index in [1.165, 1.54) is 13.2 Å². The highest BCUT2D eigenvalue weighted by Crippen LogP contribution is 2.38. The monoisotopic (exact) mass is 477 g/mol. The van der Waals surface area contributed by atoms with Crippen LogP contribution in [0.1, 0.15) is 12.5 Å². The standard InChI is InChI=1S/C27H24ClNO5/c1-16(10-27(30)29-23-12-18(28)8-9-24(23)32-3)20-13-21-22(15-34-26(21)14-25(20)33-4)17-6-5-7-19(11-17)31-2/h5-15H,1-4H3,(H,29,30)/b16-10+. The molecule has 3 aromatic carbocycles. The maximum atomic E-state index is 12.8. The molecule has 4 aromatic rings. The molecule has 34 heavy (non-hydrogen) atoms. The molecule has 1 amide bonds. The molecule has 0 atom stereocenters. The molecule has 0 spiro atoms. The number of benzene rings is 3. The van der Waals surface area contributed by atoms with Gasteiger partial charge in [0, 0.05) is 33.7 Å². The number of hydrogen-bond acceptors (Lipinski definition) is 5. The fraction of sp³-hybridized carbons (Fsp3) is 0.148. The largest absolute Gasteiger partial charge is 0.497 e. The third kappa shape index (κ3) is 4.72. The van der Waals surface area contributed by atoms with Gasteiger partial charge < -0.3 is 23.9 Å². The molecule has 0 aliphatic heterocycles. The highest BCUT2D eigenvalue weighted by molar-refractivity contribution is 6.31. The van der Waals surface area contributed by atoms with E-state index in [0.29, 0.717) is 27.8 Å². The molecule has 0 saturated carbocycles. The molecule has 0 aliphatic carbocycles. The van der Waals surface area contributed by atoms with Crippen LogP contribution >= 0.6 is 11.6 Å². The van der Waals surface area contributed by atoms with Crippen LogP contribution in [0.5, 0.6) is 17.2 Å². The maximum absolute atomic E-state index is 12.8. The van der Waals surface area contributed by atoms with Crippen LogP contribution in [0.4, 0.5) is 5.69 Å². The van der Waals surface area contributed by atoms with Crippen molar-refractivity contribution < 1.29 is 23.4 Å². The minimum Gasteiger partial charge on any atom is -0.497 e. The van der Waals surface area contributed by atoms with Crippen molar-refractivity contribution in [2.45, 2.75) is 6.92 Å². The van der Waals surface area contributed by atoms with Gasteiger partial charge in [0.25, 0.3) is 0 Å². The number of carbonyl (C=O) groups is 1. The first-order valence-electron chi connectivity index (χ1n) is 10.5. The lowest BCUT2D eigenvalue weighted by atomic mass is 9.99. The zero-order valence-corrected chi connectivity index (χ0v) is 20.0. The molecule has 1 heterocycles. The number of rotatable bonds is 7. The van der Waals surface area contributed by atoms with Crippen LogP contribution in [0, 0.1) is 0 Å². The summed E-state index contributed by atoms with van der Waals surface area (Å²) in [5.41, 5.74) is 4.53. The van der Waals surface area contributed by atoms with Crippen LogP contribution in [0.3, 0.4) is 0 Å². The lowest BCUT2D eigenvalue weighted by Crippen LogP contribution is -2.09. The lowest BCUT2D eigenvalue weighted by molar-refractivity contribution is -0.111. The van der Waals surface area contributed by atoms with Gasteiger partial charge in [0.1, 0.15) is 22.8 Å². The fourth-order valence-electron chi connectivity index (χ4n) is 3.77. The summed E-state index contributed by atoms with van der Waals surface area (Å²) in [6.07, 6.45) is 3.22. The van der Waals surface area contributed by atoms with Crippen molar-refractivity contribution >= 4 is 39.7 Å². The number of carbonyl (C=O) groups excluding carboxylic acids is 1. The number of ether oxygens (including phenoxy) is 3. The van der Waals surface area contributed by atoms with Crippen LogP contribution in [0.15, 0.2) is 71.4 Å². The Balaban J connectivity index is 1.71. The van der Waals surface area contributed by atoms with Crippen molar-refractivity contribution in [3.63, 3.8) is 0 Å². The molecule has 0 aliphatic rings. The van der Waals surface area contributed by atoms with Crippen molar-refractivity contribution in [2.24, 2.45) is 0 Å². The van der Waals surface area contributed by atoms with E-state index in [-0.39, 0.29) is 5.91 Å². The van der Waals surface area contributed by atoms with Crippen LogP contribution in [0.2, 0.25) is 5.02 Å². The Morgan fingerprint density at radius 1 is 0.971 bits per heavy atom. The molecule has 0 unspecified atom stereocenters. The van der Waals surface area contributed by atoms with Gasteiger partial charge in [0.15, 0.2) is 0 Å². The van der Waals surface area contributed by atoms with Gasteiger partial charge in [-0.2, -0.15) is 0 Å². The minimum atomic E-state index is -0.319. The predicted molar refractivity (Wildman–Crippen MR) is 135 cm³/mol. The average molecular weight is 478 g/mol. The number of nitrogens with one attached hydrogen (secondary N) is 1. The van der Waals surface area contributed by atoms with Gasteiger partial charge in [-0.1, -0.05) is 23.7 Å².